The van der Waals surface area contributed by atoms with E-state index >= 15 is 0 Å². The zero-order chi connectivity index (χ0) is 19.6. The van der Waals surface area contributed by atoms with Crippen LogP contribution in [0.3, 0.4) is 0 Å². The lowest BCUT2D eigenvalue weighted by molar-refractivity contribution is -0.138. The van der Waals surface area contributed by atoms with Crippen molar-refractivity contribution in [2.45, 2.75) is 46.7 Å². The highest BCUT2D eigenvalue weighted by Gasteiger charge is 2.38. The third-order valence-corrected chi connectivity index (χ3v) is 5.22. The van der Waals surface area contributed by atoms with E-state index in [1.165, 1.54) is 5.56 Å². The van der Waals surface area contributed by atoms with Crippen LogP contribution in [0.2, 0.25) is 0 Å². The van der Waals surface area contributed by atoms with Gasteiger partial charge in [-0.25, -0.2) is 0 Å². The molecule has 4 heteroatoms. The van der Waals surface area contributed by atoms with E-state index in [0.717, 1.165) is 16.8 Å². The van der Waals surface area contributed by atoms with Crippen molar-refractivity contribution < 1.29 is 9.59 Å². The van der Waals surface area contributed by atoms with E-state index in [2.05, 4.69) is 6.07 Å². The molecule has 1 aliphatic heterocycles. The molecule has 0 N–H and O–H groups in total. The molecular formula is C23H28N2O2. The topological polar surface area (TPSA) is 40.6 Å². The van der Waals surface area contributed by atoms with Gasteiger partial charge >= 0.3 is 0 Å². The molecule has 1 aliphatic rings. The summed E-state index contributed by atoms with van der Waals surface area (Å²) >= 11 is 0. The molecule has 0 saturated carbocycles. The first-order valence-electron chi connectivity index (χ1n) is 9.59. The Morgan fingerprint density at radius 1 is 1.15 bits per heavy atom. The monoisotopic (exact) mass is 364 g/mol. The maximum atomic E-state index is 13.2. The van der Waals surface area contributed by atoms with Crippen molar-refractivity contribution in [3.63, 3.8) is 0 Å². The zero-order valence-electron chi connectivity index (χ0n) is 16.6. The predicted molar refractivity (Wildman–Crippen MR) is 109 cm³/mol. The number of anilines is 1. The third kappa shape index (κ3) is 4.21. The van der Waals surface area contributed by atoms with E-state index in [1.807, 2.05) is 75.1 Å². The molecule has 3 rings (SSSR count). The first-order chi connectivity index (χ1) is 12.9. The lowest BCUT2D eigenvalue weighted by Gasteiger charge is -2.29. The first kappa shape index (κ1) is 19.2. The van der Waals surface area contributed by atoms with E-state index < -0.39 is 0 Å². The molecule has 0 bridgehead atoms. The number of carbonyl (C=O) groups is 2. The van der Waals surface area contributed by atoms with Gasteiger partial charge in [0.1, 0.15) is 0 Å². The highest BCUT2D eigenvalue weighted by molar-refractivity contribution is 6.00. The van der Waals surface area contributed by atoms with Crippen LogP contribution in [0.15, 0.2) is 48.5 Å². The summed E-state index contributed by atoms with van der Waals surface area (Å²) in [4.78, 5) is 29.5. The lowest BCUT2D eigenvalue weighted by Crippen LogP contribution is -2.41. The summed E-state index contributed by atoms with van der Waals surface area (Å²) in [6.07, 6.45) is 0.282. The zero-order valence-corrected chi connectivity index (χ0v) is 16.6. The minimum atomic E-state index is -0.288. The maximum absolute atomic E-state index is 13.2. The van der Waals surface area contributed by atoms with Gasteiger partial charge in [0.05, 0.1) is 5.92 Å². The number of benzene rings is 2. The predicted octanol–water partition coefficient (Wildman–Crippen LogP) is 4.09. The Morgan fingerprint density at radius 2 is 1.85 bits per heavy atom. The molecule has 1 atom stereocenters. The van der Waals surface area contributed by atoms with Gasteiger partial charge in [0.2, 0.25) is 11.8 Å². The third-order valence-electron chi connectivity index (χ3n) is 5.22. The van der Waals surface area contributed by atoms with Crippen LogP contribution < -0.4 is 4.90 Å². The summed E-state index contributed by atoms with van der Waals surface area (Å²) in [6.45, 7) is 9.14. The second kappa shape index (κ2) is 7.95. The number of nitrogens with zero attached hydrogens (tertiary/aromatic N) is 2. The second-order valence-electron chi connectivity index (χ2n) is 7.74. The molecule has 1 unspecified atom stereocenters. The van der Waals surface area contributed by atoms with Crippen LogP contribution in [0.1, 0.15) is 37.0 Å². The van der Waals surface area contributed by atoms with Gasteiger partial charge in [-0.3, -0.25) is 9.59 Å². The molecule has 0 radical (unpaired) electrons. The Balaban J connectivity index is 1.77. The Kier molecular flexibility index (Phi) is 5.64. The molecule has 0 aliphatic carbocycles. The second-order valence-corrected chi connectivity index (χ2v) is 7.74. The number of hydrogen-bond acceptors (Lipinski definition) is 2. The minimum absolute atomic E-state index is 0.0312. The molecule has 142 valence electrons. The van der Waals surface area contributed by atoms with Gasteiger partial charge in [-0.15, -0.1) is 0 Å². The smallest absolute Gasteiger partial charge is 0.228 e. The molecule has 0 spiro atoms. The van der Waals surface area contributed by atoms with Gasteiger partial charge in [0.25, 0.3) is 0 Å². The molecule has 2 aromatic rings. The Labute approximate surface area is 161 Å². The Bertz CT molecular complexity index is 830. The lowest BCUT2D eigenvalue weighted by atomic mass is 10.0. The number of amides is 2. The molecule has 1 fully saturated rings. The van der Waals surface area contributed by atoms with Gasteiger partial charge in [0.15, 0.2) is 0 Å². The van der Waals surface area contributed by atoms with Crippen LogP contribution in [0, 0.1) is 19.8 Å². The number of carbonyl (C=O) groups excluding carboxylic acids is 2. The van der Waals surface area contributed by atoms with Gasteiger partial charge in [-0.05, 0) is 44.9 Å². The minimum Gasteiger partial charge on any atom is -0.336 e. The van der Waals surface area contributed by atoms with Gasteiger partial charge < -0.3 is 9.80 Å². The van der Waals surface area contributed by atoms with Gasteiger partial charge in [-0.1, -0.05) is 48.0 Å². The summed E-state index contributed by atoms with van der Waals surface area (Å²) in [6, 6.07) is 16.2. The van der Waals surface area contributed by atoms with Crippen LogP contribution in [0.25, 0.3) is 0 Å². The van der Waals surface area contributed by atoms with Gasteiger partial charge in [-0.2, -0.15) is 0 Å². The molecular weight excluding hydrogens is 336 g/mol. The summed E-state index contributed by atoms with van der Waals surface area (Å²) in [5, 5.41) is 0. The van der Waals surface area contributed by atoms with Crippen LogP contribution in [-0.2, 0) is 16.1 Å². The highest BCUT2D eigenvalue weighted by Crippen LogP contribution is 2.30. The van der Waals surface area contributed by atoms with Gasteiger partial charge in [0, 0.05) is 31.2 Å². The van der Waals surface area contributed by atoms with Crippen LogP contribution >= 0.6 is 0 Å². The van der Waals surface area contributed by atoms with Crippen LogP contribution in [0.4, 0.5) is 5.69 Å². The Morgan fingerprint density at radius 3 is 2.48 bits per heavy atom. The molecule has 1 saturated heterocycles. The summed E-state index contributed by atoms with van der Waals surface area (Å²) < 4.78 is 0. The van der Waals surface area contributed by atoms with Crippen molar-refractivity contribution in [1.29, 1.82) is 0 Å². The van der Waals surface area contributed by atoms with Crippen LogP contribution in [0.5, 0.6) is 0 Å². The number of rotatable bonds is 5. The van der Waals surface area contributed by atoms with Crippen molar-refractivity contribution in [2.24, 2.45) is 5.92 Å². The van der Waals surface area contributed by atoms with Crippen molar-refractivity contribution in [1.82, 2.24) is 4.90 Å². The molecule has 2 amide bonds. The van der Waals surface area contributed by atoms with E-state index in [-0.39, 0.29) is 30.2 Å². The van der Waals surface area contributed by atoms with Crippen LogP contribution in [-0.4, -0.2) is 29.3 Å². The van der Waals surface area contributed by atoms with Crippen molar-refractivity contribution >= 4 is 17.5 Å². The SMILES string of the molecule is Cc1ccc(N2CC(C(=O)N(Cc3ccccc3)C(C)C)CC2=O)c(C)c1. The Hall–Kier alpha value is -2.62. The molecule has 4 nitrogen and oxygen atoms in total. The van der Waals surface area contributed by atoms with Crippen molar-refractivity contribution in [2.75, 3.05) is 11.4 Å². The van der Waals surface area contributed by atoms with E-state index in [4.69, 9.17) is 0 Å². The molecule has 0 aromatic heterocycles. The normalized spacial score (nSPS) is 16.9. The summed E-state index contributed by atoms with van der Waals surface area (Å²) in [5.74, 6) is -0.192. The van der Waals surface area contributed by atoms with E-state index in [9.17, 15) is 9.59 Å². The fraction of sp³-hybridized carbons (Fsp3) is 0.391. The standard InChI is InChI=1S/C23H28N2O2/c1-16(2)24(14-19-8-6-5-7-9-19)23(27)20-13-22(26)25(15-20)21-11-10-17(3)12-18(21)4/h5-12,16,20H,13-15H2,1-4H3. The largest absolute Gasteiger partial charge is 0.336 e. The maximum Gasteiger partial charge on any atom is 0.228 e. The van der Waals surface area contributed by atoms with E-state index in [1.54, 1.807) is 4.90 Å². The van der Waals surface area contributed by atoms with E-state index in [0.29, 0.717) is 13.1 Å². The quantitative estimate of drug-likeness (QED) is 0.802. The van der Waals surface area contributed by atoms with Crippen molar-refractivity contribution in [3.05, 3.63) is 65.2 Å². The average Bonchev–Trinajstić information content (AvgIpc) is 3.01. The molecule has 1 heterocycles. The highest BCUT2D eigenvalue weighted by atomic mass is 16.2. The number of hydrogen-bond donors (Lipinski definition) is 0. The molecule has 2 aromatic carbocycles. The number of aryl methyl sites for hydroxylation is 2. The summed E-state index contributed by atoms with van der Waals surface area (Å²) in [5.41, 5.74) is 4.26. The summed E-state index contributed by atoms with van der Waals surface area (Å²) in [7, 11) is 0. The fourth-order valence-electron chi connectivity index (χ4n) is 3.74. The average molecular weight is 364 g/mol. The fourth-order valence-corrected chi connectivity index (χ4v) is 3.74. The first-order valence-corrected chi connectivity index (χ1v) is 9.59. The van der Waals surface area contributed by atoms with Crippen molar-refractivity contribution in [3.8, 4) is 0 Å². The molecule has 27 heavy (non-hydrogen) atoms.